The van der Waals surface area contributed by atoms with Crippen molar-refractivity contribution >= 4 is 10.9 Å². The first-order chi connectivity index (χ1) is 17.8. The molecule has 1 atom stereocenters. The van der Waals surface area contributed by atoms with Gasteiger partial charge in [0.1, 0.15) is 5.75 Å². The molecule has 0 amide bonds. The number of aliphatic hydroxyl groups is 1. The molecule has 4 rings (SSSR count). The third kappa shape index (κ3) is 5.87. The maximum Gasteiger partial charge on any atom is 0.417 e. The van der Waals surface area contributed by atoms with Crippen molar-refractivity contribution in [1.82, 2.24) is 14.9 Å². The predicted molar refractivity (Wildman–Crippen MR) is 144 cm³/mol. The zero-order valence-electron chi connectivity index (χ0n) is 22.1. The van der Waals surface area contributed by atoms with Gasteiger partial charge in [-0.05, 0) is 78.3 Å². The minimum absolute atomic E-state index is 0.123. The molecule has 2 heterocycles. The zero-order chi connectivity index (χ0) is 27.7. The average molecular weight is 526 g/mol. The molecule has 4 aromatic rings. The highest BCUT2D eigenvalue weighted by molar-refractivity contribution is 5.81. The van der Waals surface area contributed by atoms with Crippen LogP contribution in [0.4, 0.5) is 13.2 Å². The molecule has 8 heteroatoms. The number of H-pyrrole nitrogens is 1. The van der Waals surface area contributed by atoms with Crippen molar-refractivity contribution in [1.29, 1.82) is 0 Å². The van der Waals surface area contributed by atoms with Gasteiger partial charge in [0.15, 0.2) is 5.60 Å². The van der Waals surface area contributed by atoms with Crippen LogP contribution in [0.2, 0.25) is 0 Å². The Morgan fingerprint density at radius 2 is 1.76 bits per heavy atom. The lowest BCUT2D eigenvalue weighted by atomic mass is 9.72. The Balaban J connectivity index is 1.65. The molecular formula is C30H34F3N3O2. The summed E-state index contributed by atoms with van der Waals surface area (Å²) < 4.78 is 43.3. The Labute approximate surface area is 221 Å². The molecule has 38 heavy (non-hydrogen) atoms. The summed E-state index contributed by atoms with van der Waals surface area (Å²) in [6.45, 7) is 6.88. The molecule has 3 N–H and O–H groups in total. The van der Waals surface area contributed by atoms with Gasteiger partial charge in [0.2, 0.25) is 0 Å². The van der Waals surface area contributed by atoms with Crippen LogP contribution in [-0.4, -0.2) is 50.5 Å². The van der Waals surface area contributed by atoms with Crippen LogP contribution < -0.4 is 0 Å². The number of aromatic amines is 1. The predicted octanol–water partition coefficient (Wildman–Crippen LogP) is 6.59. The van der Waals surface area contributed by atoms with Gasteiger partial charge in [-0.2, -0.15) is 13.2 Å². The van der Waals surface area contributed by atoms with Gasteiger partial charge >= 0.3 is 6.18 Å². The highest BCUT2D eigenvalue weighted by Crippen LogP contribution is 2.45. The van der Waals surface area contributed by atoms with Gasteiger partial charge in [0, 0.05) is 47.7 Å². The topological polar surface area (TPSA) is 72.4 Å². The van der Waals surface area contributed by atoms with Gasteiger partial charge in [0.05, 0.1) is 0 Å². The number of halogens is 3. The number of nitrogens with one attached hydrogen (secondary N) is 1. The second-order valence-corrected chi connectivity index (χ2v) is 10.8. The van der Waals surface area contributed by atoms with Crippen LogP contribution in [0.1, 0.15) is 44.0 Å². The number of aromatic nitrogens is 2. The molecule has 202 valence electrons. The maximum absolute atomic E-state index is 14.4. The molecule has 0 saturated carbocycles. The van der Waals surface area contributed by atoms with Crippen molar-refractivity contribution in [3.8, 4) is 16.9 Å². The average Bonchev–Trinajstić information content (AvgIpc) is 3.24. The molecule has 0 spiro atoms. The monoisotopic (exact) mass is 525 g/mol. The Bertz CT molecular complexity index is 1400. The fourth-order valence-corrected chi connectivity index (χ4v) is 5.05. The lowest BCUT2D eigenvalue weighted by Gasteiger charge is -2.38. The number of benzene rings is 2. The van der Waals surface area contributed by atoms with E-state index in [0.717, 1.165) is 35.2 Å². The second kappa shape index (κ2) is 10.4. The smallest absolute Gasteiger partial charge is 0.417 e. The molecule has 0 fully saturated rings. The molecule has 0 aliphatic rings. The van der Waals surface area contributed by atoms with Crippen LogP contribution in [0.5, 0.6) is 5.75 Å². The Kier molecular flexibility index (Phi) is 7.59. The van der Waals surface area contributed by atoms with E-state index in [1.165, 1.54) is 6.07 Å². The van der Waals surface area contributed by atoms with Crippen LogP contribution in [0.15, 0.2) is 67.0 Å². The maximum atomic E-state index is 14.4. The zero-order valence-corrected chi connectivity index (χ0v) is 22.1. The van der Waals surface area contributed by atoms with Gasteiger partial charge < -0.3 is 20.1 Å². The van der Waals surface area contributed by atoms with Gasteiger partial charge in [-0.3, -0.25) is 4.98 Å². The Hall–Kier alpha value is -3.36. The van der Waals surface area contributed by atoms with E-state index < -0.39 is 30.0 Å². The molecule has 2 aromatic heterocycles. The summed E-state index contributed by atoms with van der Waals surface area (Å²) in [6.07, 6.45) is -2.89. The normalized spacial score (nSPS) is 14.2. The number of aromatic hydroxyl groups is 1. The van der Waals surface area contributed by atoms with E-state index >= 15 is 0 Å². The molecule has 5 nitrogen and oxygen atoms in total. The number of phenols is 1. The summed E-state index contributed by atoms with van der Waals surface area (Å²) in [7, 11) is 2.00. The fourth-order valence-electron chi connectivity index (χ4n) is 5.05. The molecule has 0 radical (unpaired) electrons. The van der Waals surface area contributed by atoms with Crippen molar-refractivity contribution in [2.75, 3.05) is 13.6 Å². The number of rotatable bonds is 9. The van der Waals surface area contributed by atoms with Crippen molar-refractivity contribution in [3.63, 3.8) is 0 Å². The van der Waals surface area contributed by atoms with Crippen LogP contribution in [0, 0.1) is 0 Å². The quantitative estimate of drug-likeness (QED) is 0.231. The van der Waals surface area contributed by atoms with Crippen LogP contribution in [0.25, 0.3) is 22.0 Å². The van der Waals surface area contributed by atoms with E-state index in [9.17, 15) is 23.4 Å². The second-order valence-electron chi connectivity index (χ2n) is 10.8. The lowest BCUT2D eigenvalue weighted by molar-refractivity contribution is -0.266. The number of phenolic OH excluding ortho intramolecular Hbond substituents is 1. The van der Waals surface area contributed by atoms with Crippen molar-refractivity contribution in [2.45, 2.75) is 57.3 Å². The number of hydrogen-bond donors (Lipinski definition) is 3. The lowest BCUT2D eigenvalue weighted by Crippen LogP contribution is -2.50. The van der Waals surface area contributed by atoms with E-state index in [0.29, 0.717) is 16.8 Å². The Morgan fingerprint density at radius 1 is 1.00 bits per heavy atom. The molecule has 0 saturated heterocycles. The third-order valence-corrected chi connectivity index (χ3v) is 7.20. The Morgan fingerprint density at radius 3 is 2.42 bits per heavy atom. The van der Waals surface area contributed by atoms with Crippen LogP contribution in [0.3, 0.4) is 0 Å². The summed E-state index contributed by atoms with van der Waals surface area (Å²) in [5.41, 5.74) is -0.353. The number of pyridine rings is 1. The van der Waals surface area contributed by atoms with Crippen molar-refractivity contribution in [3.05, 3.63) is 83.8 Å². The summed E-state index contributed by atoms with van der Waals surface area (Å²) >= 11 is 0. The van der Waals surface area contributed by atoms with E-state index in [2.05, 4.69) is 21.8 Å². The molecule has 0 bridgehead atoms. The highest BCUT2D eigenvalue weighted by atomic mass is 19.4. The summed E-state index contributed by atoms with van der Waals surface area (Å²) in [6, 6.07) is 15.9. The van der Waals surface area contributed by atoms with Crippen molar-refractivity contribution < 1.29 is 23.4 Å². The fraction of sp³-hybridized carbons (Fsp3) is 0.367. The minimum atomic E-state index is -4.90. The number of fused-ring (bicyclic) bond motifs is 1. The van der Waals surface area contributed by atoms with Gasteiger partial charge in [-0.15, -0.1) is 0 Å². The van der Waals surface area contributed by atoms with Crippen LogP contribution in [-0.2, 0) is 18.4 Å². The highest BCUT2D eigenvalue weighted by Gasteiger charge is 2.56. The van der Waals surface area contributed by atoms with Crippen LogP contribution >= 0.6 is 0 Å². The minimum Gasteiger partial charge on any atom is -0.508 e. The number of hydrogen-bond acceptors (Lipinski definition) is 4. The first kappa shape index (κ1) is 27.7. The third-order valence-electron chi connectivity index (χ3n) is 7.20. The molecule has 0 aliphatic heterocycles. The first-order valence-corrected chi connectivity index (χ1v) is 12.6. The van der Waals surface area contributed by atoms with Gasteiger partial charge in [-0.1, -0.05) is 39.0 Å². The molecular weight excluding hydrogens is 491 g/mol. The first-order valence-electron chi connectivity index (χ1n) is 12.6. The van der Waals surface area contributed by atoms with E-state index in [-0.39, 0.29) is 5.75 Å². The summed E-state index contributed by atoms with van der Waals surface area (Å²) in [4.78, 5) is 9.29. The van der Waals surface area contributed by atoms with E-state index in [4.69, 9.17) is 0 Å². The number of nitrogens with zero attached hydrogens (tertiary/aromatic N) is 2. The summed E-state index contributed by atoms with van der Waals surface area (Å²) in [5.74, 6) is -0.123. The largest absolute Gasteiger partial charge is 0.508 e. The van der Waals surface area contributed by atoms with E-state index in [1.54, 1.807) is 50.5 Å². The molecule has 1 unspecified atom stereocenters. The van der Waals surface area contributed by atoms with Gasteiger partial charge in [0.25, 0.3) is 0 Å². The summed E-state index contributed by atoms with van der Waals surface area (Å²) in [5, 5.41) is 22.6. The SMILES string of the molecule is CCN(C)Cc1ccc2[nH]c(CC(O)(CC(C)(C)c3cc(-c4cccnc4)ccc3O)C(F)(F)F)cc2c1. The van der Waals surface area contributed by atoms with E-state index in [1.807, 2.05) is 31.3 Å². The molecule has 2 aromatic carbocycles. The number of alkyl halides is 3. The van der Waals surface area contributed by atoms with Gasteiger partial charge in [-0.25, -0.2) is 0 Å². The standard InChI is InChI=1S/C30H34F3N3O2/c1-5-36(4)18-20-8-10-26-23(13-20)14-24(35-26)16-29(38,30(31,32)33)19-28(2,3)25-15-21(9-11-27(25)37)22-7-6-12-34-17-22/h6-15,17,35,37-38H,5,16,18-19H2,1-4H3. The molecule has 0 aliphatic carbocycles. The van der Waals surface area contributed by atoms with Crippen molar-refractivity contribution in [2.24, 2.45) is 0 Å².